The molecule has 72 valence electrons. The zero-order valence-corrected chi connectivity index (χ0v) is 6.80. The van der Waals surface area contributed by atoms with Gasteiger partial charge in [0.25, 0.3) is 5.56 Å². The topological polar surface area (TPSA) is 34.9 Å². The largest absolute Gasteiger partial charge is 0.406 e. The monoisotopic (exact) mass is 192 g/mol. The zero-order chi connectivity index (χ0) is 10.1. The first-order valence-corrected chi connectivity index (χ1v) is 3.49. The summed E-state index contributed by atoms with van der Waals surface area (Å²) >= 11 is 0. The quantitative estimate of drug-likeness (QED) is 0.668. The zero-order valence-electron chi connectivity index (χ0n) is 6.80. The summed E-state index contributed by atoms with van der Waals surface area (Å²) in [4.78, 5) is 14.6. The summed E-state index contributed by atoms with van der Waals surface area (Å²) in [5, 5.41) is 0. The molecule has 0 saturated heterocycles. The first-order valence-electron chi connectivity index (χ1n) is 3.49. The second kappa shape index (κ2) is 3.20. The highest BCUT2D eigenvalue weighted by atomic mass is 19.4. The van der Waals surface area contributed by atoms with E-state index in [2.05, 4.69) is 4.98 Å². The Morgan fingerprint density at radius 2 is 2.15 bits per heavy atom. The lowest BCUT2D eigenvalue weighted by molar-refractivity contribution is -0.141. The molecule has 6 heteroatoms. The SMILES string of the molecule is Cc1nccn(CC(F)(F)F)c1=O. The highest BCUT2D eigenvalue weighted by Gasteiger charge is 2.28. The van der Waals surface area contributed by atoms with Crippen molar-refractivity contribution in [3.05, 3.63) is 28.4 Å². The van der Waals surface area contributed by atoms with Gasteiger partial charge in [0.15, 0.2) is 0 Å². The van der Waals surface area contributed by atoms with Crippen molar-refractivity contribution in [1.82, 2.24) is 9.55 Å². The smallest absolute Gasteiger partial charge is 0.303 e. The molecule has 3 nitrogen and oxygen atoms in total. The third-order valence-electron chi connectivity index (χ3n) is 1.43. The minimum Gasteiger partial charge on any atom is -0.303 e. The van der Waals surface area contributed by atoms with E-state index in [1.807, 2.05) is 0 Å². The highest BCUT2D eigenvalue weighted by molar-refractivity contribution is 4.94. The van der Waals surface area contributed by atoms with E-state index < -0.39 is 18.3 Å². The molecule has 0 spiro atoms. The molecule has 0 amide bonds. The van der Waals surface area contributed by atoms with Crippen molar-refractivity contribution in [2.75, 3.05) is 0 Å². The Kier molecular flexibility index (Phi) is 2.40. The van der Waals surface area contributed by atoms with Crippen molar-refractivity contribution in [2.45, 2.75) is 19.6 Å². The van der Waals surface area contributed by atoms with Crippen molar-refractivity contribution < 1.29 is 13.2 Å². The summed E-state index contributed by atoms with van der Waals surface area (Å²) < 4.78 is 36.2. The lowest BCUT2D eigenvalue weighted by Crippen LogP contribution is -2.29. The number of halogens is 3. The van der Waals surface area contributed by atoms with Gasteiger partial charge in [0, 0.05) is 12.4 Å². The molecule has 1 aromatic heterocycles. The number of aryl methyl sites for hydroxylation is 1. The summed E-state index contributed by atoms with van der Waals surface area (Å²) in [7, 11) is 0. The Hall–Kier alpha value is -1.33. The van der Waals surface area contributed by atoms with Crippen LogP contribution in [0.25, 0.3) is 0 Å². The third-order valence-corrected chi connectivity index (χ3v) is 1.43. The fraction of sp³-hybridized carbons (Fsp3) is 0.429. The van der Waals surface area contributed by atoms with Crippen molar-refractivity contribution in [2.24, 2.45) is 0 Å². The highest BCUT2D eigenvalue weighted by Crippen LogP contribution is 2.15. The fourth-order valence-electron chi connectivity index (χ4n) is 0.874. The maximum atomic E-state index is 11.9. The van der Waals surface area contributed by atoms with E-state index in [0.717, 1.165) is 6.20 Å². The molecule has 0 aromatic carbocycles. The van der Waals surface area contributed by atoms with E-state index in [4.69, 9.17) is 0 Å². The Morgan fingerprint density at radius 3 is 2.69 bits per heavy atom. The lowest BCUT2D eigenvalue weighted by Gasteiger charge is -2.08. The average molecular weight is 192 g/mol. The maximum Gasteiger partial charge on any atom is 0.406 e. The standard InChI is InChI=1S/C7H7F3N2O/c1-5-6(13)12(3-2-11-5)4-7(8,9)10/h2-3H,4H2,1H3. The van der Waals surface area contributed by atoms with Gasteiger partial charge < -0.3 is 4.57 Å². The van der Waals surface area contributed by atoms with E-state index in [0.29, 0.717) is 4.57 Å². The van der Waals surface area contributed by atoms with E-state index in [1.54, 1.807) is 0 Å². The Labute approximate surface area is 71.8 Å². The summed E-state index contributed by atoms with van der Waals surface area (Å²) in [5.41, 5.74) is -0.647. The van der Waals surface area contributed by atoms with Crippen LogP contribution in [0.1, 0.15) is 5.69 Å². The number of hydrogen-bond donors (Lipinski definition) is 0. The van der Waals surface area contributed by atoms with Crippen molar-refractivity contribution in [1.29, 1.82) is 0 Å². The maximum absolute atomic E-state index is 11.9. The van der Waals surface area contributed by atoms with Gasteiger partial charge in [-0.25, -0.2) is 0 Å². The van der Waals surface area contributed by atoms with Crippen LogP contribution in [0.2, 0.25) is 0 Å². The number of alkyl halides is 3. The van der Waals surface area contributed by atoms with Crippen LogP contribution in [0.5, 0.6) is 0 Å². The molecule has 0 unspecified atom stereocenters. The van der Waals surface area contributed by atoms with Gasteiger partial charge in [0.1, 0.15) is 12.2 Å². The molecule has 1 aromatic rings. The van der Waals surface area contributed by atoms with E-state index in [-0.39, 0.29) is 5.69 Å². The van der Waals surface area contributed by atoms with Crippen molar-refractivity contribution in [3.63, 3.8) is 0 Å². The summed E-state index contributed by atoms with van der Waals surface area (Å²) in [6, 6.07) is 0. The van der Waals surface area contributed by atoms with Crippen LogP contribution in [-0.4, -0.2) is 15.7 Å². The molecule has 0 N–H and O–H groups in total. The van der Waals surface area contributed by atoms with Crippen molar-refractivity contribution >= 4 is 0 Å². The van der Waals surface area contributed by atoms with Crippen LogP contribution in [0.15, 0.2) is 17.2 Å². The number of hydrogen-bond acceptors (Lipinski definition) is 2. The summed E-state index contributed by atoms with van der Waals surface area (Å²) in [6.45, 7) is 0.102. The molecular weight excluding hydrogens is 185 g/mol. The summed E-state index contributed by atoms with van der Waals surface area (Å²) in [5.74, 6) is 0. The van der Waals surface area contributed by atoms with E-state index in [1.165, 1.54) is 13.1 Å². The first kappa shape index (κ1) is 9.76. The molecule has 0 aliphatic rings. The van der Waals surface area contributed by atoms with Crippen LogP contribution in [-0.2, 0) is 6.54 Å². The number of rotatable bonds is 1. The molecule has 0 aliphatic carbocycles. The average Bonchev–Trinajstić information content (AvgIpc) is 1.96. The number of nitrogens with zero attached hydrogens (tertiary/aromatic N) is 2. The van der Waals surface area contributed by atoms with Gasteiger partial charge >= 0.3 is 6.18 Å². The molecule has 1 rings (SSSR count). The minimum atomic E-state index is -4.38. The molecule has 0 saturated carbocycles. The van der Waals surface area contributed by atoms with Gasteiger partial charge in [-0.3, -0.25) is 9.78 Å². The molecule has 0 radical (unpaired) electrons. The molecule has 0 atom stereocenters. The normalized spacial score (nSPS) is 11.7. The van der Waals surface area contributed by atoms with Crippen LogP contribution in [0.3, 0.4) is 0 Å². The minimum absolute atomic E-state index is 0.0618. The predicted molar refractivity (Wildman–Crippen MR) is 39.3 cm³/mol. The molecule has 1 heterocycles. The van der Waals surface area contributed by atoms with Crippen LogP contribution in [0, 0.1) is 6.92 Å². The Morgan fingerprint density at radius 1 is 1.54 bits per heavy atom. The van der Waals surface area contributed by atoms with E-state index in [9.17, 15) is 18.0 Å². The summed E-state index contributed by atoms with van der Waals surface area (Å²) in [6.07, 6.45) is -2.19. The third kappa shape index (κ3) is 2.57. The fourth-order valence-corrected chi connectivity index (χ4v) is 0.874. The van der Waals surface area contributed by atoms with Gasteiger partial charge in [-0.05, 0) is 6.92 Å². The molecule has 0 fully saturated rings. The molecule has 0 aliphatic heterocycles. The van der Waals surface area contributed by atoms with Crippen LogP contribution >= 0.6 is 0 Å². The first-order chi connectivity index (χ1) is 5.90. The second-order valence-electron chi connectivity index (χ2n) is 2.56. The van der Waals surface area contributed by atoms with Gasteiger partial charge in [0.05, 0.1) is 0 Å². The van der Waals surface area contributed by atoms with E-state index >= 15 is 0 Å². The van der Waals surface area contributed by atoms with Gasteiger partial charge in [0.2, 0.25) is 0 Å². The molecular formula is C7H7F3N2O. The molecule has 0 bridgehead atoms. The lowest BCUT2D eigenvalue weighted by atomic mass is 10.4. The Bertz CT molecular complexity index is 355. The molecule has 13 heavy (non-hydrogen) atoms. The van der Waals surface area contributed by atoms with Crippen molar-refractivity contribution in [3.8, 4) is 0 Å². The predicted octanol–water partition coefficient (Wildman–Crippen LogP) is 1.11. The van der Waals surface area contributed by atoms with Crippen LogP contribution in [0.4, 0.5) is 13.2 Å². The van der Waals surface area contributed by atoms with Crippen LogP contribution < -0.4 is 5.56 Å². The second-order valence-corrected chi connectivity index (χ2v) is 2.56. The Balaban J connectivity index is 3.03. The van der Waals surface area contributed by atoms with Gasteiger partial charge in [-0.1, -0.05) is 0 Å². The number of aromatic nitrogens is 2. The van der Waals surface area contributed by atoms with Gasteiger partial charge in [-0.15, -0.1) is 0 Å². The van der Waals surface area contributed by atoms with Gasteiger partial charge in [-0.2, -0.15) is 13.2 Å².